The summed E-state index contributed by atoms with van der Waals surface area (Å²) < 4.78 is 5.25. The normalized spacial score (nSPS) is 49.7. The van der Waals surface area contributed by atoms with Gasteiger partial charge in [0.05, 0.1) is 0 Å². The highest BCUT2D eigenvalue weighted by molar-refractivity contribution is 4.95. The first-order chi connectivity index (χ1) is 4.38. The zero-order valence-electron chi connectivity index (χ0n) is 5.55. The lowest BCUT2D eigenvalue weighted by Crippen LogP contribution is -2.10. The van der Waals surface area contributed by atoms with Gasteiger partial charge in [0.15, 0.2) is 0 Å². The summed E-state index contributed by atoms with van der Waals surface area (Å²) in [5.74, 6) is 1.62. The Hall–Kier alpha value is -0.0800. The minimum absolute atomic E-state index is 0.511. The number of hydrogen-bond acceptors (Lipinski definition) is 2. The van der Waals surface area contributed by atoms with Crippen LogP contribution < -0.4 is 5.73 Å². The van der Waals surface area contributed by atoms with E-state index >= 15 is 0 Å². The summed E-state index contributed by atoms with van der Waals surface area (Å²) in [5, 5.41) is 0. The summed E-state index contributed by atoms with van der Waals surface area (Å²) in [6.45, 7) is 1.94. The van der Waals surface area contributed by atoms with E-state index in [9.17, 15) is 0 Å². The van der Waals surface area contributed by atoms with E-state index in [2.05, 4.69) is 0 Å². The molecule has 0 radical (unpaired) electrons. The van der Waals surface area contributed by atoms with Gasteiger partial charge in [-0.2, -0.15) is 0 Å². The molecule has 1 saturated carbocycles. The third-order valence-corrected chi connectivity index (χ3v) is 2.46. The van der Waals surface area contributed by atoms with Gasteiger partial charge in [-0.15, -0.1) is 0 Å². The van der Waals surface area contributed by atoms with Gasteiger partial charge in [0.1, 0.15) is 0 Å². The lowest BCUT2D eigenvalue weighted by atomic mass is 10.0. The Bertz CT molecular complexity index is 109. The van der Waals surface area contributed by atoms with Gasteiger partial charge in [0.25, 0.3) is 0 Å². The molecule has 1 saturated heterocycles. The molecule has 2 heteroatoms. The van der Waals surface area contributed by atoms with Crippen molar-refractivity contribution in [3.8, 4) is 0 Å². The highest BCUT2D eigenvalue weighted by Gasteiger charge is 2.41. The Morgan fingerprint density at radius 2 is 2.22 bits per heavy atom. The molecule has 2 rings (SSSR count). The Balaban J connectivity index is 1.85. The monoisotopic (exact) mass is 127 g/mol. The third kappa shape index (κ3) is 0.970. The highest BCUT2D eigenvalue weighted by atomic mass is 16.5. The maximum Gasteiger partial charge on any atom is 0.0498 e. The summed E-state index contributed by atoms with van der Waals surface area (Å²) in [6.07, 6.45) is 2.49. The van der Waals surface area contributed by atoms with Crippen LogP contribution in [0.3, 0.4) is 0 Å². The second-order valence-electron chi connectivity index (χ2n) is 3.19. The van der Waals surface area contributed by atoms with Gasteiger partial charge >= 0.3 is 0 Å². The van der Waals surface area contributed by atoms with Gasteiger partial charge in [0, 0.05) is 19.3 Å². The van der Waals surface area contributed by atoms with Crippen molar-refractivity contribution in [3.05, 3.63) is 0 Å². The lowest BCUT2D eigenvalue weighted by molar-refractivity contribution is 0.181. The van der Waals surface area contributed by atoms with Crippen molar-refractivity contribution in [3.63, 3.8) is 0 Å². The predicted molar refractivity (Wildman–Crippen MR) is 35.0 cm³/mol. The molecule has 1 unspecified atom stereocenters. The summed E-state index contributed by atoms with van der Waals surface area (Å²) in [6, 6.07) is 0.511. The van der Waals surface area contributed by atoms with E-state index in [1.807, 2.05) is 0 Å². The van der Waals surface area contributed by atoms with E-state index < -0.39 is 0 Å². The van der Waals surface area contributed by atoms with E-state index in [0.717, 1.165) is 25.0 Å². The van der Waals surface area contributed by atoms with Crippen LogP contribution in [0.25, 0.3) is 0 Å². The summed E-state index contributed by atoms with van der Waals surface area (Å²) in [7, 11) is 0. The predicted octanol–water partition coefficient (Wildman–Crippen LogP) is 0.370. The van der Waals surface area contributed by atoms with Crippen LogP contribution in [0, 0.1) is 11.8 Å². The molecule has 52 valence electrons. The molecule has 2 nitrogen and oxygen atoms in total. The third-order valence-electron chi connectivity index (χ3n) is 2.46. The molecule has 0 aromatic heterocycles. The first kappa shape index (κ1) is 5.69. The standard InChI is InChI=1S/C7H13NO/c8-7-3-6(7)5-1-2-9-4-5/h5-7H,1-4,8H2/t5?,6-,7+/m1/s1. The fraction of sp³-hybridized carbons (Fsp3) is 1.00. The van der Waals surface area contributed by atoms with Crippen molar-refractivity contribution in [1.29, 1.82) is 0 Å². The molecule has 0 amide bonds. The SMILES string of the molecule is N[C@H]1C[C@@H]1C1CCOC1. The lowest BCUT2D eigenvalue weighted by Gasteiger charge is -2.02. The van der Waals surface area contributed by atoms with Crippen molar-refractivity contribution < 1.29 is 4.74 Å². The second-order valence-corrected chi connectivity index (χ2v) is 3.19. The Morgan fingerprint density at radius 1 is 1.44 bits per heavy atom. The van der Waals surface area contributed by atoms with Crippen LogP contribution in [-0.4, -0.2) is 19.3 Å². The van der Waals surface area contributed by atoms with Gasteiger partial charge in [0.2, 0.25) is 0 Å². The summed E-state index contributed by atoms with van der Waals surface area (Å²) >= 11 is 0. The number of ether oxygens (including phenoxy) is 1. The maximum absolute atomic E-state index is 5.69. The minimum Gasteiger partial charge on any atom is -0.381 e. The number of hydrogen-bond donors (Lipinski definition) is 1. The van der Waals surface area contributed by atoms with E-state index in [0.29, 0.717) is 6.04 Å². The average molecular weight is 127 g/mol. The molecule has 0 aromatic carbocycles. The largest absolute Gasteiger partial charge is 0.381 e. The topological polar surface area (TPSA) is 35.2 Å². The molecule has 0 bridgehead atoms. The highest BCUT2D eigenvalue weighted by Crippen LogP contribution is 2.39. The summed E-state index contributed by atoms with van der Waals surface area (Å²) in [5.41, 5.74) is 5.69. The van der Waals surface area contributed by atoms with E-state index in [1.165, 1.54) is 12.8 Å². The van der Waals surface area contributed by atoms with Crippen LogP contribution in [0.15, 0.2) is 0 Å². The molecule has 0 spiro atoms. The Morgan fingerprint density at radius 3 is 2.67 bits per heavy atom. The molecular weight excluding hydrogens is 114 g/mol. The van der Waals surface area contributed by atoms with Crippen molar-refractivity contribution in [2.45, 2.75) is 18.9 Å². The van der Waals surface area contributed by atoms with Gasteiger partial charge in [-0.25, -0.2) is 0 Å². The molecular formula is C7H13NO. The molecule has 9 heavy (non-hydrogen) atoms. The Kier molecular flexibility index (Phi) is 1.24. The van der Waals surface area contributed by atoms with Crippen molar-refractivity contribution >= 4 is 0 Å². The zero-order valence-corrected chi connectivity index (χ0v) is 5.55. The molecule has 2 N–H and O–H groups in total. The van der Waals surface area contributed by atoms with Crippen LogP contribution in [0.4, 0.5) is 0 Å². The molecule has 2 aliphatic rings. The molecule has 1 aliphatic heterocycles. The maximum atomic E-state index is 5.69. The first-order valence-electron chi connectivity index (χ1n) is 3.71. The smallest absolute Gasteiger partial charge is 0.0498 e. The van der Waals surface area contributed by atoms with Crippen molar-refractivity contribution in [1.82, 2.24) is 0 Å². The van der Waals surface area contributed by atoms with Gasteiger partial charge in [-0.05, 0) is 24.7 Å². The first-order valence-corrected chi connectivity index (χ1v) is 3.71. The molecule has 3 atom stereocenters. The van der Waals surface area contributed by atoms with Crippen LogP contribution in [0.2, 0.25) is 0 Å². The van der Waals surface area contributed by atoms with Gasteiger partial charge in [-0.3, -0.25) is 0 Å². The van der Waals surface area contributed by atoms with Crippen molar-refractivity contribution in [2.24, 2.45) is 17.6 Å². The fourth-order valence-corrected chi connectivity index (χ4v) is 1.67. The van der Waals surface area contributed by atoms with Gasteiger partial charge in [-0.1, -0.05) is 0 Å². The van der Waals surface area contributed by atoms with Crippen LogP contribution in [0.5, 0.6) is 0 Å². The van der Waals surface area contributed by atoms with E-state index in [4.69, 9.17) is 10.5 Å². The van der Waals surface area contributed by atoms with E-state index in [1.54, 1.807) is 0 Å². The van der Waals surface area contributed by atoms with Gasteiger partial charge < -0.3 is 10.5 Å². The molecule has 2 fully saturated rings. The van der Waals surface area contributed by atoms with Crippen LogP contribution in [0.1, 0.15) is 12.8 Å². The van der Waals surface area contributed by atoms with E-state index in [-0.39, 0.29) is 0 Å². The Labute approximate surface area is 55.4 Å². The molecule has 1 aliphatic carbocycles. The average Bonchev–Trinajstić information content (AvgIpc) is 2.44. The zero-order chi connectivity index (χ0) is 6.27. The molecule has 1 heterocycles. The van der Waals surface area contributed by atoms with Crippen molar-refractivity contribution in [2.75, 3.05) is 13.2 Å². The van der Waals surface area contributed by atoms with Crippen LogP contribution >= 0.6 is 0 Å². The molecule has 0 aromatic rings. The number of rotatable bonds is 1. The number of nitrogens with two attached hydrogens (primary N) is 1. The fourth-order valence-electron chi connectivity index (χ4n) is 1.67. The van der Waals surface area contributed by atoms with Crippen LogP contribution in [-0.2, 0) is 4.74 Å². The second kappa shape index (κ2) is 1.96. The quantitative estimate of drug-likeness (QED) is 0.552. The summed E-state index contributed by atoms with van der Waals surface area (Å²) in [4.78, 5) is 0. The minimum atomic E-state index is 0.511.